The van der Waals surface area contributed by atoms with Crippen molar-refractivity contribution < 1.29 is 48.0 Å². The van der Waals surface area contributed by atoms with E-state index in [-0.39, 0.29) is 37.3 Å². The summed E-state index contributed by atoms with van der Waals surface area (Å²) in [6.45, 7) is 5.48. The molecule has 0 aliphatic rings. The molecular weight excluding hydrogens is 388 g/mol. The molecule has 0 spiro atoms. The molecule has 170 valence electrons. The van der Waals surface area contributed by atoms with Crippen molar-refractivity contribution in [3.05, 3.63) is 12.2 Å². The van der Waals surface area contributed by atoms with Crippen molar-refractivity contribution >= 4 is 23.9 Å². The van der Waals surface area contributed by atoms with Crippen LogP contribution in [0.25, 0.3) is 0 Å². The van der Waals surface area contributed by atoms with Crippen LogP contribution in [0.15, 0.2) is 12.2 Å². The summed E-state index contributed by atoms with van der Waals surface area (Å²) >= 11 is 0. The quantitative estimate of drug-likeness (QED) is 0.315. The summed E-state index contributed by atoms with van der Waals surface area (Å²) in [6.07, 6.45) is 2.70. The molecule has 0 heterocycles. The molecule has 0 aliphatic carbocycles. The summed E-state index contributed by atoms with van der Waals surface area (Å²) in [5.41, 5.74) is 0. The standard InChI is InChI=1S/C10H18O5.C5H8O2.C4H8O3/c1-7(13-3)5-10(12)15-8(2)6-9(11)14-4;1-3-4-5(6)7-2;1-7-3-2-4(5)6/h7-8H,5-6H2,1-4H3;3-4H,1-2H3;2-3H2,1H3,(H,5,6). The average molecular weight is 422 g/mol. The van der Waals surface area contributed by atoms with E-state index in [4.69, 9.17) is 14.6 Å². The first-order valence-electron chi connectivity index (χ1n) is 8.78. The minimum absolute atomic E-state index is 0.0730. The number of carboxylic acid groups (broad SMARTS) is 1. The van der Waals surface area contributed by atoms with Gasteiger partial charge in [-0.15, -0.1) is 0 Å². The van der Waals surface area contributed by atoms with Gasteiger partial charge in [-0.2, -0.15) is 0 Å². The molecule has 2 atom stereocenters. The van der Waals surface area contributed by atoms with E-state index >= 15 is 0 Å². The summed E-state index contributed by atoms with van der Waals surface area (Å²) < 4.78 is 23.1. The predicted octanol–water partition coefficient (Wildman–Crippen LogP) is 1.75. The van der Waals surface area contributed by atoms with Gasteiger partial charge in [-0.25, -0.2) is 4.79 Å². The lowest BCUT2D eigenvalue weighted by molar-refractivity contribution is -0.154. The molecule has 2 unspecified atom stereocenters. The van der Waals surface area contributed by atoms with Crippen LogP contribution < -0.4 is 0 Å². The number of rotatable bonds is 10. The number of hydrogen-bond donors (Lipinski definition) is 1. The first kappa shape index (κ1) is 31.2. The molecule has 0 aliphatic heterocycles. The number of allylic oxidation sites excluding steroid dienone is 1. The van der Waals surface area contributed by atoms with E-state index in [0.29, 0.717) is 6.61 Å². The summed E-state index contributed by atoms with van der Waals surface area (Å²) in [4.78, 5) is 41.9. The van der Waals surface area contributed by atoms with Crippen molar-refractivity contribution in [2.45, 2.75) is 52.2 Å². The van der Waals surface area contributed by atoms with Crippen LogP contribution in [0.1, 0.15) is 40.0 Å². The number of carbonyl (C=O) groups excluding carboxylic acids is 3. The van der Waals surface area contributed by atoms with Gasteiger partial charge in [-0.05, 0) is 20.8 Å². The fraction of sp³-hybridized carbons (Fsp3) is 0.684. The molecule has 0 fully saturated rings. The van der Waals surface area contributed by atoms with Crippen molar-refractivity contribution in [1.82, 2.24) is 0 Å². The maximum atomic E-state index is 11.2. The molecule has 10 heteroatoms. The van der Waals surface area contributed by atoms with Crippen LogP contribution in [0, 0.1) is 0 Å². The van der Waals surface area contributed by atoms with Crippen LogP contribution in [-0.4, -0.2) is 76.2 Å². The third-order valence-corrected chi connectivity index (χ3v) is 2.89. The van der Waals surface area contributed by atoms with Crippen LogP contribution in [0.5, 0.6) is 0 Å². The molecular formula is C19H34O10. The van der Waals surface area contributed by atoms with Crippen molar-refractivity contribution in [1.29, 1.82) is 0 Å². The van der Waals surface area contributed by atoms with Crippen LogP contribution in [0.3, 0.4) is 0 Å². The van der Waals surface area contributed by atoms with Crippen molar-refractivity contribution in [3.63, 3.8) is 0 Å². The highest BCUT2D eigenvalue weighted by Gasteiger charge is 2.15. The zero-order valence-corrected chi connectivity index (χ0v) is 18.3. The number of carboxylic acids is 1. The molecule has 0 amide bonds. The third-order valence-electron chi connectivity index (χ3n) is 2.89. The second kappa shape index (κ2) is 21.8. The predicted molar refractivity (Wildman–Crippen MR) is 104 cm³/mol. The molecule has 0 aromatic heterocycles. The molecule has 0 aromatic carbocycles. The molecule has 0 radical (unpaired) electrons. The van der Waals surface area contributed by atoms with E-state index in [0.717, 1.165) is 0 Å². The largest absolute Gasteiger partial charge is 0.481 e. The lowest BCUT2D eigenvalue weighted by Gasteiger charge is -2.13. The Morgan fingerprint density at radius 3 is 1.76 bits per heavy atom. The number of methoxy groups -OCH3 is 4. The Hall–Kier alpha value is -2.46. The molecule has 10 nitrogen and oxygen atoms in total. The summed E-state index contributed by atoms with van der Waals surface area (Å²) in [5, 5.41) is 7.96. The number of carbonyl (C=O) groups is 4. The van der Waals surface area contributed by atoms with E-state index < -0.39 is 18.0 Å². The Morgan fingerprint density at radius 2 is 1.45 bits per heavy atom. The van der Waals surface area contributed by atoms with Crippen LogP contribution >= 0.6 is 0 Å². The molecule has 0 saturated heterocycles. The van der Waals surface area contributed by atoms with E-state index in [1.54, 1.807) is 26.8 Å². The van der Waals surface area contributed by atoms with Gasteiger partial charge >= 0.3 is 23.9 Å². The van der Waals surface area contributed by atoms with E-state index in [2.05, 4.69) is 14.2 Å². The van der Waals surface area contributed by atoms with E-state index in [1.807, 2.05) is 0 Å². The fourth-order valence-electron chi connectivity index (χ4n) is 1.34. The Balaban J connectivity index is -0.000000402. The van der Waals surface area contributed by atoms with E-state index in [1.165, 1.54) is 34.5 Å². The molecule has 29 heavy (non-hydrogen) atoms. The lowest BCUT2D eigenvalue weighted by Crippen LogP contribution is -2.22. The van der Waals surface area contributed by atoms with Gasteiger partial charge in [0.1, 0.15) is 6.10 Å². The Labute approximate surface area is 172 Å². The second-order valence-electron chi connectivity index (χ2n) is 5.49. The zero-order valence-electron chi connectivity index (χ0n) is 18.3. The first-order chi connectivity index (χ1) is 13.6. The van der Waals surface area contributed by atoms with Gasteiger partial charge in [0, 0.05) is 20.3 Å². The first-order valence-corrected chi connectivity index (χ1v) is 8.78. The summed E-state index contributed by atoms with van der Waals surface area (Å²) in [5.74, 6) is -1.89. The molecule has 0 bridgehead atoms. The topological polar surface area (TPSA) is 135 Å². The number of esters is 3. The highest BCUT2D eigenvalue weighted by Crippen LogP contribution is 2.04. The van der Waals surface area contributed by atoms with Gasteiger partial charge in [0.25, 0.3) is 0 Å². The van der Waals surface area contributed by atoms with Crippen LogP contribution in [-0.2, 0) is 42.9 Å². The number of hydrogen-bond acceptors (Lipinski definition) is 9. The Morgan fingerprint density at radius 1 is 0.897 bits per heavy atom. The van der Waals surface area contributed by atoms with Gasteiger partial charge in [0.15, 0.2) is 0 Å². The fourth-order valence-corrected chi connectivity index (χ4v) is 1.34. The molecule has 0 aromatic rings. The van der Waals surface area contributed by atoms with Crippen molar-refractivity contribution in [3.8, 4) is 0 Å². The SMILES string of the molecule is CC=CC(=O)OC.COC(=O)CC(C)OC(=O)CC(C)OC.COCCC(=O)O. The van der Waals surface area contributed by atoms with Crippen molar-refractivity contribution in [2.24, 2.45) is 0 Å². The second-order valence-corrected chi connectivity index (χ2v) is 5.49. The van der Waals surface area contributed by atoms with Gasteiger partial charge < -0.3 is 28.8 Å². The van der Waals surface area contributed by atoms with Gasteiger partial charge in [-0.3, -0.25) is 14.4 Å². The number of ether oxygens (including phenoxy) is 5. The van der Waals surface area contributed by atoms with Gasteiger partial charge in [0.2, 0.25) is 0 Å². The molecule has 0 rings (SSSR count). The maximum absolute atomic E-state index is 11.2. The third kappa shape index (κ3) is 27.9. The van der Waals surface area contributed by atoms with Gasteiger partial charge in [0.05, 0.1) is 46.2 Å². The normalized spacial score (nSPS) is 11.7. The smallest absolute Gasteiger partial charge is 0.330 e. The Kier molecular flexibility index (Phi) is 23.5. The van der Waals surface area contributed by atoms with Crippen LogP contribution in [0.4, 0.5) is 0 Å². The highest BCUT2D eigenvalue weighted by molar-refractivity contribution is 5.81. The summed E-state index contributed by atoms with van der Waals surface area (Å²) in [6, 6.07) is 0. The average Bonchev–Trinajstić information content (AvgIpc) is 2.66. The molecule has 0 saturated carbocycles. The highest BCUT2D eigenvalue weighted by atomic mass is 16.6. The zero-order chi connectivity index (χ0) is 23.2. The summed E-state index contributed by atoms with van der Waals surface area (Å²) in [7, 11) is 5.64. The van der Waals surface area contributed by atoms with E-state index in [9.17, 15) is 19.2 Å². The minimum atomic E-state index is -0.818. The minimum Gasteiger partial charge on any atom is -0.481 e. The number of aliphatic carboxylic acids is 1. The Bertz CT molecular complexity index is 487. The monoisotopic (exact) mass is 422 g/mol. The molecule has 1 N–H and O–H groups in total. The lowest BCUT2D eigenvalue weighted by atomic mass is 10.2. The van der Waals surface area contributed by atoms with Crippen molar-refractivity contribution in [2.75, 3.05) is 35.0 Å². The maximum Gasteiger partial charge on any atom is 0.330 e. The van der Waals surface area contributed by atoms with Gasteiger partial charge in [-0.1, -0.05) is 6.08 Å². The van der Waals surface area contributed by atoms with Crippen LogP contribution in [0.2, 0.25) is 0 Å².